The molecule has 140 valence electrons. The van der Waals surface area contributed by atoms with Crippen LogP contribution in [-0.4, -0.2) is 20.6 Å². The van der Waals surface area contributed by atoms with Gasteiger partial charge in [-0.1, -0.05) is 62.7 Å². The normalized spacial score (nSPS) is 15.1. The van der Waals surface area contributed by atoms with Crippen LogP contribution >= 0.6 is 0 Å². The van der Waals surface area contributed by atoms with Crippen LogP contribution in [0, 0.1) is 5.92 Å². The smallest absolute Gasteiger partial charge is 0.228 e. The van der Waals surface area contributed by atoms with Crippen molar-refractivity contribution in [1.82, 2.24) is 5.32 Å². The van der Waals surface area contributed by atoms with Crippen LogP contribution in [0.25, 0.3) is 0 Å². The van der Waals surface area contributed by atoms with E-state index in [4.69, 9.17) is 0 Å². The lowest BCUT2D eigenvalue weighted by molar-refractivity contribution is -0.124. The molecule has 2 rings (SSSR count). The standard InChI is InChI=1S/C21H27NO3S/c1-5-15(2)20(18-9-7-6-8-10-18)21(23)22-16(3)17-11-13-19(14-12-17)26(4,24)25/h6-16,20H,5H2,1-4H3,(H,22,23)/t15-,16-,20+/m0/s1. The summed E-state index contributed by atoms with van der Waals surface area (Å²) >= 11 is 0. The zero-order chi connectivity index (χ0) is 19.3. The third kappa shape index (κ3) is 4.94. The van der Waals surface area contributed by atoms with Crippen molar-refractivity contribution in [2.24, 2.45) is 5.92 Å². The second-order valence-corrected chi connectivity index (χ2v) is 8.86. The van der Waals surface area contributed by atoms with E-state index >= 15 is 0 Å². The van der Waals surface area contributed by atoms with Crippen molar-refractivity contribution in [2.75, 3.05) is 6.26 Å². The van der Waals surface area contributed by atoms with Gasteiger partial charge in [-0.05, 0) is 36.1 Å². The zero-order valence-corrected chi connectivity index (χ0v) is 16.6. The Kier molecular flexibility index (Phi) is 6.59. The van der Waals surface area contributed by atoms with Gasteiger partial charge in [0, 0.05) is 6.26 Å². The van der Waals surface area contributed by atoms with Crippen LogP contribution in [0.5, 0.6) is 0 Å². The monoisotopic (exact) mass is 373 g/mol. The third-order valence-corrected chi connectivity index (χ3v) is 5.95. The Bertz CT molecular complexity index is 829. The maximum atomic E-state index is 12.9. The minimum absolute atomic E-state index is 0.00904. The fourth-order valence-electron chi connectivity index (χ4n) is 3.02. The lowest BCUT2D eigenvalue weighted by Gasteiger charge is -2.25. The molecule has 0 unspecified atom stereocenters. The highest BCUT2D eigenvalue weighted by atomic mass is 32.2. The van der Waals surface area contributed by atoms with Crippen molar-refractivity contribution in [3.63, 3.8) is 0 Å². The Balaban J connectivity index is 2.18. The number of carbonyl (C=O) groups excluding carboxylic acids is 1. The molecule has 0 spiro atoms. The predicted molar refractivity (Wildman–Crippen MR) is 105 cm³/mol. The Morgan fingerprint density at radius 1 is 0.962 bits per heavy atom. The van der Waals surface area contributed by atoms with Crippen LogP contribution in [0.4, 0.5) is 0 Å². The molecular formula is C21H27NO3S. The molecule has 3 atom stereocenters. The van der Waals surface area contributed by atoms with E-state index in [1.165, 1.54) is 6.26 Å². The molecule has 0 aromatic heterocycles. The lowest BCUT2D eigenvalue weighted by atomic mass is 9.84. The predicted octanol–water partition coefficient (Wildman–Crippen LogP) is 4.10. The van der Waals surface area contributed by atoms with Crippen LogP contribution in [0.1, 0.15) is 50.3 Å². The van der Waals surface area contributed by atoms with Crippen molar-refractivity contribution in [2.45, 2.75) is 44.0 Å². The molecule has 1 amide bonds. The number of rotatable bonds is 7. The number of sulfone groups is 1. The number of hydrogen-bond acceptors (Lipinski definition) is 3. The summed E-state index contributed by atoms with van der Waals surface area (Å²) in [5, 5.41) is 3.08. The van der Waals surface area contributed by atoms with Crippen LogP contribution in [0.2, 0.25) is 0 Å². The number of hydrogen-bond donors (Lipinski definition) is 1. The number of nitrogens with one attached hydrogen (secondary N) is 1. The maximum absolute atomic E-state index is 12.9. The summed E-state index contributed by atoms with van der Waals surface area (Å²) in [4.78, 5) is 13.2. The average molecular weight is 374 g/mol. The van der Waals surface area contributed by atoms with Gasteiger partial charge in [-0.25, -0.2) is 8.42 Å². The van der Waals surface area contributed by atoms with Gasteiger partial charge in [-0.2, -0.15) is 0 Å². The molecule has 26 heavy (non-hydrogen) atoms. The maximum Gasteiger partial charge on any atom is 0.228 e. The SMILES string of the molecule is CC[C@H](C)[C@@H](C(=O)N[C@@H](C)c1ccc(S(C)(=O)=O)cc1)c1ccccc1. The van der Waals surface area contributed by atoms with Gasteiger partial charge in [-0.3, -0.25) is 4.79 Å². The van der Waals surface area contributed by atoms with Crippen molar-refractivity contribution >= 4 is 15.7 Å². The van der Waals surface area contributed by atoms with Crippen molar-refractivity contribution in [3.8, 4) is 0 Å². The average Bonchev–Trinajstić information content (AvgIpc) is 2.62. The molecule has 5 heteroatoms. The third-order valence-electron chi connectivity index (χ3n) is 4.82. The molecule has 0 fully saturated rings. The largest absolute Gasteiger partial charge is 0.349 e. The number of benzene rings is 2. The molecule has 0 radical (unpaired) electrons. The van der Waals surface area contributed by atoms with Crippen LogP contribution < -0.4 is 5.32 Å². The first-order valence-corrected chi connectivity index (χ1v) is 10.8. The molecule has 0 aliphatic carbocycles. The second-order valence-electron chi connectivity index (χ2n) is 6.85. The van der Waals surface area contributed by atoms with Crippen molar-refractivity contribution in [3.05, 3.63) is 65.7 Å². The van der Waals surface area contributed by atoms with E-state index < -0.39 is 9.84 Å². The Morgan fingerprint density at radius 2 is 1.54 bits per heavy atom. The van der Waals surface area contributed by atoms with Crippen LogP contribution in [0.3, 0.4) is 0 Å². The summed E-state index contributed by atoms with van der Waals surface area (Å²) in [6.07, 6.45) is 2.09. The molecule has 0 aliphatic heterocycles. The summed E-state index contributed by atoms with van der Waals surface area (Å²) in [6, 6.07) is 16.3. The highest BCUT2D eigenvalue weighted by molar-refractivity contribution is 7.90. The van der Waals surface area contributed by atoms with Gasteiger partial charge >= 0.3 is 0 Å². The Hall–Kier alpha value is -2.14. The molecule has 2 aromatic rings. The van der Waals surface area contributed by atoms with E-state index in [9.17, 15) is 13.2 Å². The van der Waals surface area contributed by atoms with Crippen LogP contribution in [-0.2, 0) is 14.6 Å². The van der Waals surface area contributed by atoms with Gasteiger partial charge in [0.05, 0.1) is 16.9 Å². The molecule has 0 aliphatic rings. The summed E-state index contributed by atoms with van der Waals surface area (Å²) in [5.41, 5.74) is 1.89. The summed E-state index contributed by atoms with van der Waals surface area (Å²) in [5.74, 6) is 0.00129. The van der Waals surface area contributed by atoms with E-state index in [2.05, 4.69) is 19.2 Å². The second kappa shape index (κ2) is 8.49. The molecule has 2 aromatic carbocycles. The molecule has 1 N–H and O–H groups in total. The van der Waals surface area contributed by atoms with Gasteiger partial charge in [0.25, 0.3) is 0 Å². The highest BCUT2D eigenvalue weighted by Gasteiger charge is 2.27. The Morgan fingerprint density at radius 3 is 2.04 bits per heavy atom. The first-order valence-electron chi connectivity index (χ1n) is 8.89. The summed E-state index contributed by atoms with van der Waals surface area (Å²) in [7, 11) is -3.22. The number of amides is 1. The molecule has 0 saturated heterocycles. The van der Waals surface area contributed by atoms with Crippen molar-refractivity contribution < 1.29 is 13.2 Å². The summed E-state index contributed by atoms with van der Waals surface area (Å²) in [6.45, 7) is 6.08. The fraction of sp³-hybridized carbons (Fsp3) is 0.381. The lowest BCUT2D eigenvalue weighted by Crippen LogP contribution is -2.34. The minimum Gasteiger partial charge on any atom is -0.349 e. The molecule has 4 nitrogen and oxygen atoms in total. The van der Waals surface area contributed by atoms with E-state index in [-0.39, 0.29) is 28.7 Å². The first kappa shape index (κ1) is 20.2. The van der Waals surface area contributed by atoms with E-state index in [0.29, 0.717) is 0 Å². The summed E-state index contributed by atoms with van der Waals surface area (Å²) < 4.78 is 23.2. The van der Waals surface area contributed by atoms with E-state index in [1.54, 1.807) is 24.3 Å². The quantitative estimate of drug-likeness (QED) is 0.795. The van der Waals surface area contributed by atoms with Gasteiger partial charge in [0.1, 0.15) is 0 Å². The van der Waals surface area contributed by atoms with Crippen LogP contribution in [0.15, 0.2) is 59.5 Å². The topological polar surface area (TPSA) is 63.2 Å². The zero-order valence-electron chi connectivity index (χ0n) is 15.8. The van der Waals surface area contributed by atoms with E-state index in [0.717, 1.165) is 17.5 Å². The molecular weight excluding hydrogens is 346 g/mol. The van der Waals surface area contributed by atoms with Gasteiger partial charge in [-0.15, -0.1) is 0 Å². The minimum atomic E-state index is -3.22. The highest BCUT2D eigenvalue weighted by Crippen LogP contribution is 2.28. The molecule has 0 bridgehead atoms. The fourth-order valence-corrected chi connectivity index (χ4v) is 3.66. The Labute approximate surface area is 156 Å². The van der Waals surface area contributed by atoms with E-state index in [1.807, 2.05) is 37.3 Å². The van der Waals surface area contributed by atoms with Crippen molar-refractivity contribution in [1.29, 1.82) is 0 Å². The molecule has 0 heterocycles. The molecule has 0 saturated carbocycles. The van der Waals surface area contributed by atoms with Gasteiger partial charge in [0.15, 0.2) is 9.84 Å². The van der Waals surface area contributed by atoms with Gasteiger partial charge in [0.2, 0.25) is 5.91 Å². The van der Waals surface area contributed by atoms with Gasteiger partial charge < -0.3 is 5.32 Å². The first-order chi connectivity index (χ1) is 12.2. The number of carbonyl (C=O) groups is 1.